The van der Waals surface area contributed by atoms with Crippen LogP contribution in [0.1, 0.15) is 35.3 Å². The molecule has 4 rings (SSSR count). The molecule has 0 spiro atoms. The molecule has 8 heteroatoms. The maximum absolute atomic E-state index is 13.4. The minimum atomic E-state index is -0.790. The van der Waals surface area contributed by atoms with Gasteiger partial charge in [-0.1, -0.05) is 13.0 Å². The van der Waals surface area contributed by atoms with Crippen LogP contribution in [-0.4, -0.2) is 24.8 Å². The normalized spacial score (nSPS) is 23.4. The van der Waals surface area contributed by atoms with E-state index in [1.54, 1.807) is 0 Å². The molecule has 0 aliphatic carbocycles. The van der Waals surface area contributed by atoms with Crippen molar-refractivity contribution in [1.29, 1.82) is 0 Å². The maximum Gasteiger partial charge on any atom is 0.251 e. The van der Waals surface area contributed by atoms with Crippen LogP contribution in [-0.2, 0) is 0 Å². The van der Waals surface area contributed by atoms with Gasteiger partial charge in [0.2, 0.25) is 6.79 Å². The van der Waals surface area contributed by atoms with Crippen molar-refractivity contribution in [3.05, 3.63) is 59.2 Å². The molecule has 2 heterocycles. The van der Waals surface area contributed by atoms with Crippen molar-refractivity contribution in [2.75, 3.05) is 6.79 Å². The first-order valence-electron chi connectivity index (χ1n) is 8.72. The van der Waals surface area contributed by atoms with Gasteiger partial charge >= 0.3 is 0 Å². The lowest BCUT2D eigenvalue weighted by Gasteiger charge is -2.24. The molecule has 2 aliphatic rings. The standard InChI is InChI=1S/C19H19F2N3O3/c1-2-14-18(22-19(25)11-5-12(20)8-13(21)6-11)17(24-23-14)10-3-4-15-16(7-10)27-9-26-15/h3-8,14,17-18,23-24H,2,9H2,1H3,(H,22,25). The van der Waals surface area contributed by atoms with Crippen molar-refractivity contribution in [1.82, 2.24) is 16.2 Å². The lowest BCUT2D eigenvalue weighted by atomic mass is 9.94. The zero-order valence-corrected chi connectivity index (χ0v) is 14.6. The van der Waals surface area contributed by atoms with E-state index in [2.05, 4.69) is 16.2 Å². The largest absolute Gasteiger partial charge is 0.454 e. The number of carbonyl (C=O) groups excluding carboxylic acids is 1. The van der Waals surface area contributed by atoms with Crippen LogP contribution in [0.15, 0.2) is 36.4 Å². The molecule has 3 unspecified atom stereocenters. The lowest BCUT2D eigenvalue weighted by Crippen LogP contribution is -2.45. The Kier molecular flexibility index (Phi) is 4.67. The van der Waals surface area contributed by atoms with Gasteiger partial charge in [0.15, 0.2) is 11.5 Å². The summed E-state index contributed by atoms with van der Waals surface area (Å²) in [5.41, 5.74) is 7.20. The number of nitrogens with one attached hydrogen (secondary N) is 3. The monoisotopic (exact) mass is 375 g/mol. The van der Waals surface area contributed by atoms with Gasteiger partial charge in [-0.15, -0.1) is 0 Å². The number of carbonyl (C=O) groups is 1. The van der Waals surface area contributed by atoms with Gasteiger partial charge in [0.05, 0.1) is 12.1 Å². The second-order valence-electron chi connectivity index (χ2n) is 6.55. The predicted octanol–water partition coefficient (Wildman–Crippen LogP) is 2.42. The van der Waals surface area contributed by atoms with E-state index in [1.165, 1.54) is 0 Å². The SMILES string of the molecule is CCC1NNC(c2ccc3c(c2)OCO3)C1NC(=O)c1cc(F)cc(F)c1. The number of hydrazine groups is 1. The van der Waals surface area contributed by atoms with Gasteiger partial charge < -0.3 is 14.8 Å². The van der Waals surface area contributed by atoms with E-state index in [-0.39, 0.29) is 30.5 Å². The second kappa shape index (κ2) is 7.13. The summed E-state index contributed by atoms with van der Waals surface area (Å²) in [6, 6.07) is 7.73. The maximum atomic E-state index is 13.4. The van der Waals surface area contributed by atoms with Crippen LogP contribution >= 0.6 is 0 Å². The first kappa shape index (κ1) is 17.7. The number of halogens is 2. The quantitative estimate of drug-likeness (QED) is 0.766. The fourth-order valence-corrected chi connectivity index (χ4v) is 3.47. The third-order valence-electron chi connectivity index (χ3n) is 4.83. The average molecular weight is 375 g/mol. The van der Waals surface area contributed by atoms with Crippen LogP contribution in [0.25, 0.3) is 0 Å². The van der Waals surface area contributed by atoms with Crippen LogP contribution < -0.4 is 25.6 Å². The van der Waals surface area contributed by atoms with E-state index in [4.69, 9.17) is 9.47 Å². The van der Waals surface area contributed by atoms with Crippen LogP contribution in [0.4, 0.5) is 8.78 Å². The summed E-state index contributed by atoms with van der Waals surface area (Å²) in [6.07, 6.45) is 0.747. The molecule has 1 saturated heterocycles. The summed E-state index contributed by atoms with van der Waals surface area (Å²) in [6.45, 7) is 2.17. The van der Waals surface area contributed by atoms with Crippen LogP contribution in [0.3, 0.4) is 0 Å². The Bertz CT molecular complexity index is 857. The van der Waals surface area contributed by atoms with Crippen molar-refractivity contribution >= 4 is 5.91 Å². The predicted molar refractivity (Wildman–Crippen MR) is 93.3 cm³/mol. The van der Waals surface area contributed by atoms with Crippen LogP contribution in [0, 0.1) is 11.6 Å². The van der Waals surface area contributed by atoms with Gasteiger partial charge in [0.1, 0.15) is 11.6 Å². The summed E-state index contributed by atoms with van der Waals surface area (Å²) < 4.78 is 37.6. The summed E-state index contributed by atoms with van der Waals surface area (Å²) in [7, 11) is 0. The molecule has 0 saturated carbocycles. The molecule has 3 N–H and O–H groups in total. The van der Waals surface area contributed by atoms with Crippen molar-refractivity contribution in [3.63, 3.8) is 0 Å². The van der Waals surface area contributed by atoms with Gasteiger partial charge in [-0.25, -0.2) is 14.2 Å². The molecule has 2 aromatic rings. The third-order valence-corrected chi connectivity index (χ3v) is 4.83. The van der Waals surface area contributed by atoms with Crippen LogP contribution in [0.5, 0.6) is 11.5 Å². The zero-order chi connectivity index (χ0) is 19.0. The molecule has 2 aromatic carbocycles. The van der Waals surface area contributed by atoms with Crippen molar-refractivity contribution < 1.29 is 23.0 Å². The topological polar surface area (TPSA) is 71.6 Å². The molecule has 2 aliphatic heterocycles. The highest BCUT2D eigenvalue weighted by Crippen LogP contribution is 2.36. The number of ether oxygens (including phenoxy) is 2. The molecule has 142 valence electrons. The first-order valence-corrected chi connectivity index (χ1v) is 8.72. The van der Waals surface area contributed by atoms with Gasteiger partial charge in [0.25, 0.3) is 5.91 Å². The Labute approximate surface area is 154 Å². The highest BCUT2D eigenvalue weighted by Gasteiger charge is 2.37. The highest BCUT2D eigenvalue weighted by molar-refractivity contribution is 5.94. The van der Waals surface area contributed by atoms with Gasteiger partial charge in [-0.3, -0.25) is 10.2 Å². The average Bonchev–Trinajstić information content (AvgIpc) is 3.26. The summed E-state index contributed by atoms with van der Waals surface area (Å²) in [4.78, 5) is 12.6. The van der Waals surface area contributed by atoms with Gasteiger partial charge in [-0.05, 0) is 36.2 Å². The highest BCUT2D eigenvalue weighted by atomic mass is 19.1. The summed E-state index contributed by atoms with van der Waals surface area (Å²) in [5.74, 6) is -0.795. The Morgan fingerprint density at radius 2 is 1.85 bits per heavy atom. The molecule has 3 atom stereocenters. The summed E-state index contributed by atoms with van der Waals surface area (Å²) in [5, 5.41) is 2.90. The second-order valence-corrected chi connectivity index (χ2v) is 6.55. The molecular weight excluding hydrogens is 356 g/mol. The fraction of sp³-hybridized carbons (Fsp3) is 0.316. The smallest absolute Gasteiger partial charge is 0.251 e. The van der Waals surface area contributed by atoms with Gasteiger partial charge in [0, 0.05) is 17.7 Å². The summed E-state index contributed by atoms with van der Waals surface area (Å²) >= 11 is 0. The number of hydrogen-bond donors (Lipinski definition) is 3. The Morgan fingerprint density at radius 1 is 1.11 bits per heavy atom. The van der Waals surface area contributed by atoms with E-state index in [9.17, 15) is 13.6 Å². The molecule has 0 radical (unpaired) electrons. The molecule has 0 bridgehead atoms. The molecule has 27 heavy (non-hydrogen) atoms. The number of rotatable bonds is 4. The van der Waals surface area contributed by atoms with E-state index in [0.29, 0.717) is 11.5 Å². The molecule has 0 aromatic heterocycles. The van der Waals surface area contributed by atoms with E-state index < -0.39 is 17.5 Å². The third kappa shape index (κ3) is 3.45. The number of benzene rings is 2. The minimum Gasteiger partial charge on any atom is -0.454 e. The number of hydrogen-bond acceptors (Lipinski definition) is 5. The van der Waals surface area contributed by atoms with Crippen molar-refractivity contribution in [2.24, 2.45) is 0 Å². The van der Waals surface area contributed by atoms with E-state index in [1.807, 2.05) is 25.1 Å². The van der Waals surface area contributed by atoms with Crippen LogP contribution in [0.2, 0.25) is 0 Å². The Hall–Kier alpha value is -2.71. The molecular formula is C19H19F2N3O3. The lowest BCUT2D eigenvalue weighted by molar-refractivity contribution is 0.0928. The first-order chi connectivity index (χ1) is 13.0. The van der Waals surface area contributed by atoms with Crippen molar-refractivity contribution in [2.45, 2.75) is 31.5 Å². The van der Waals surface area contributed by atoms with E-state index >= 15 is 0 Å². The van der Waals surface area contributed by atoms with Gasteiger partial charge in [-0.2, -0.15) is 0 Å². The minimum absolute atomic E-state index is 0.0530. The molecule has 6 nitrogen and oxygen atoms in total. The van der Waals surface area contributed by atoms with Crippen molar-refractivity contribution in [3.8, 4) is 11.5 Å². The zero-order valence-electron chi connectivity index (χ0n) is 14.6. The fourth-order valence-electron chi connectivity index (χ4n) is 3.47. The number of fused-ring (bicyclic) bond motifs is 1. The molecule has 1 amide bonds. The number of amides is 1. The molecule has 1 fully saturated rings. The Balaban J connectivity index is 1.58. The van der Waals surface area contributed by atoms with E-state index in [0.717, 1.165) is 30.2 Å². The Morgan fingerprint density at radius 3 is 2.59 bits per heavy atom.